The second kappa shape index (κ2) is 6.09. The molecule has 6 nitrogen and oxygen atoms in total. The zero-order chi connectivity index (χ0) is 16.4. The van der Waals surface area contributed by atoms with E-state index in [4.69, 9.17) is 4.74 Å². The lowest BCUT2D eigenvalue weighted by Gasteiger charge is -2.05. The number of hydrogen-bond acceptors (Lipinski definition) is 4. The van der Waals surface area contributed by atoms with Crippen molar-refractivity contribution in [3.63, 3.8) is 0 Å². The van der Waals surface area contributed by atoms with E-state index in [2.05, 4.69) is 4.99 Å². The van der Waals surface area contributed by atoms with Gasteiger partial charge < -0.3 is 19.3 Å². The molecule has 0 aliphatic rings. The third kappa shape index (κ3) is 2.77. The lowest BCUT2D eigenvalue weighted by Crippen LogP contribution is -2.07. The van der Waals surface area contributed by atoms with Crippen LogP contribution in [-0.2, 0) is 11.8 Å². The Balaban J connectivity index is 2.68. The molecule has 2 aromatic rings. The van der Waals surface area contributed by atoms with Crippen molar-refractivity contribution in [1.82, 2.24) is 9.47 Å². The van der Waals surface area contributed by atoms with Gasteiger partial charge in [0, 0.05) is 38.3 Å². The molecule has 22 heavy (non-hydrogen) atoms. The Hall–Kier alpha value is -2.50. The van der Waals surface area contributed by atoms with Crippen molar-refractivity contribution < 1.29 is 14.6 Å². The average Bonchev–Trinajstić information content (AvgIpc) is 2.69. The smallest absolute Gasteiger partial charge is 0.340 e. The van der Waals surface area contributed by atoms with Gasteiger partial charge in [0.1, 0.15) is 11.4 Å². The number of carbonyl (C=O) groups is 1. The zero-order valence-electron chi connectivity index (χ0n) is 13.5. The monoisotopic (exact) mass is 303 g/mol. The SMILES string of the molecule is CCOC(=O)c1c(C)n(C)c2cc(O)c(N=CN(C)C)cc12. The fourth-order valence-corrected chi connectivity index (χ4v) is 2.33. The fourth-order valence-electron chi connectivity index (χ4n) is 2.33. The third-order valence-electron chi connectivity index (χ3n) is 3.50. The molecular formula is C16H21N3O3. The molecule has 0 amide bonds. The van der Waals surface area contributed by atoms with Gasteiger partial charge in [0.25, 0.3) is 0 Å². The Morgan fingerprint density at radius 2 is 2.14 bits per heavy atom. The molecule has 1 N–H and O–H groups in total. The standard InChI is InChI=1S/C16H21N3O3/c1-6-22-16(21)15-10(2)19(5)13-8-14(20)12(7-11(13)15)17-9-18(3)4/h7-9,20H,6H2,1-5H3. The van der Waals surface area contributed by atoms with Crippen LogP contribution in [0.1, 0.15) is 23.0 Å². The number of nitrogens with zero attached hydrogens (tertiary/aromatic N) is 3. The number of phenolic OH excluding ortho intramolecular Hbond substituents is 1. The first kappa shape index (κ1) is 15.9. The highest BCUT2D eigenvalue weighted by molar-refractivity contribution is 6.07. The lowest BCUT2D eigenvalue weighted by atomic mass is 10.1. The van der Waals surface area contributed by atoms with Crippen molar-refractivity contribution >= 4 is 28.9 Å². The predicted molar refractivity (Wildman–Crippen MR) is 87.1 cm³/mol. The molecule has 0 saturated carbocycles. The molecule has 118 valence electrons. The highest BCUT2D eigenvalue weighted by Crippen LogP contribution is 2.35. The van der Waals surface area contributed by atoms with Crippen LogP contribution in [0.4, 0.5) is 5.69 Å². The first-order valence-corrected chi connectivity index (χ1v) is 7.06. The molecule has 0 bridgehead atoms. The summed E-state index contributed by atoms with van der Waals surface area (Å²) < 4.78 is 7.00. The van der Waals surface area contributed by atoms with E-state index in [1.165, 1.54) is 0 Å². The number of carbonyl (C=O) groups excluding carboxylic acids is 1. The van der Waals surface area contributed by atoms with Crippen LogP contribution in [0.3, 0.4) is 0 Å². The van der Waals surface area contributed by atoms with Crippen LogP contribution in [-0.4, -0.2) is 47.6 Å². The second-order valence-corrected chi connectivity index (χ2v) is 5.31. The topological polar surface area (TPSA) is 67.1 Å². The molecule has 1 heterocycles. The average molecular weight is 303 g/mol. The van der Waals surface area contributed by atoms with Gasteiger partial charge in [-0.15, -0.1) is 0 Å². The van der Waals surface area contributed by atoms with E-state index in [1.807, 2.05) is 32.6 Å². The van der Waals surface area contributed by atoms with E-state index in [0.717, 1.165) is 16.6 Å². The van der Waals surface area contributed by atoms with Crippen molar-refractivity contribution in [2.24, 2.45) is 12.0 Å². The number of phenols is 1. The Morgan fingerprint density at radius 1 is 1.45 bits per heavy atom. The molecule has 0 unspecified atom stereocenters. The Morgan fingerprint density at radius 3 is 2.73 bits per heavy atom. The maximum absolute atomic E-state index is 12.2. The molecule has 0 fully saturated rings. The summed E-state index contributed by atoms with van der Waals surface area (Å²) in [6.07, 6.45) is 1.60. The van der Waals surface area contributed by atoms with E-state index < -0.39 is 0 Å². The number of benzene rings is 1. The van der Waals surface area contributed by atoms with Gasteiger partial charge in [0.05, 0.1) is 24.0 Å². The summed E-state index contributed by atoms with van der Waals surface area (Å²) in [5, 5.41) is 10.9. The Bertz CT molecular complexity index is 745. The van der Waals surface area contributed by atoms with Crippen LogP contribution in [0, 0.1) is 6.92 Å². The molecule has 0 spiro atoms. The summed E-state index contributed by atoms with van der Waals surface area (Å²) in [7, 11) is 5.54. The number of ether oxygens (including phenoxy) is 1. The number of fused-ring (bicyclic) bond motifs is 1. The van der Waals surface area contributed by atoms with E-state index >= 15 is 0 Å². The third-order valence-corrected chi connectivity index (χ3v) is 3.50. The number of aryl methyl sites for hydroxylation is 1. The van der Waals surface area contributed by atoms with E-state index in [9.17, 15) is 9.90 Å². The van der Waals surface area contributed by atoms with Crippen LogP contribution < -0.4 is 0 Å². The van der Waals surface area contributed by atoms with Crippen LogP contribution in [0.5, 0.6) is 5.75 Å². The minimum atomic E-state index is -0.362. The molecule has 1 aromatic carbocycles. The number of aromatic nitrogens is 1. The van der Waals surface area contributed by atoms with E-state index in [0.29, 0.717) is 17.9 Å². The molecular weight excluding hydrogens is 282 g/mol. The summed E-state index contributed by atoms with van der Waals surface area (Å²) in [5.41, 5.74) is 2.49. The Labute approximate surface area is 129 Å². The van der Waals surface area contributed by atoms with Crippen molar-refractivity contribution in [2.75, 3.05) is 20.7 Å². The molecule has 0 radical (unpaired) electrons. The summed E-state index contributed by atoms with van der Waals surface area (Å²) in [4.78, 5) is 18.2. The van der Waals surface area contributed by atoms with Crippen molar-refractivity contribution in [2.45, 2.75) is 13.8 Å². The van der Waals surface area contributed by atoms with Crippen LogP contribution >= 0.6 is 0 Å². The van der Waals surface area contributed by atoms with E-state index in [1.54, 1.807) is 30.3 Å². The number of rotatable bonds is 4. The highest BCUT2D eigenvalue weighted by Gasteiger charge is 2.21. The number of hydrogen-bond donors (Lipinski definition) is 1. The van der Waals surface area contributed by atoms with Crippen molar-refractivity contribution in [3.05, 3.63) is 23.4 Å². The van der Waals surface area contributed by atoms with Gasteiger partial charge in [-0.1, -0.05) is 0 Å². The summed E-state index contributed by atoms with van der Waals surface area (Å²) in [5.74, 6) is -0.291. The normalized spacial score (nSPS) is 11.3. The van der Waals surface area contributed by atoms with Gasteiger partial charge in [-0.2, -0.15) is 0 Å². The molecule has 6 heteroatoms. The van der Waals surface area contributed by atoms with Gasteiger partial charge in [0.15, 0.2) is 0 Å². The lowest BCUT2D eigenvalue weighted by molar-refractivity contribution is 0.0527. The van der Waals surface area contributed by atoms with Crippen molar-refractivity contribution in [3.8, 4) is 5.75 Å². The molecule has 2 rings (SSSR count). The zero-order valence-corrected chi connectivity index (χ0v) is 13.5. The second-order valence-electron chi connectivity index (χ2n) is 5.31. The van der Waals surface area contributed by atoms with Crippen LogP contribution in [0.15, 0.2) is 17.1 Å². The number of esters is 1. The van der Waals surface area contributed by atoms with Gasteiger partial charge in [0.2, 0.25) is 0 Å². The maximum Gasteiger partial charge on any atom is 0.340 e. The largest absolute Gasteiger partial charge is 0.506 e. The van der Waals surface area contributed by atoms with Crippen molar-refractivity contribution in [1.29, 1.82) is 0 Å². The van der Waals surface area contributed by atoms with Gasteiger partial charge in [-0.25, -0.2) is 9.79 Å². The molecule has 0 aliphatic heterocycles. The van der Waals surface area contributed by atoms with Gasteiger partial charge >= 0.3 is 5.97 Å². The minimum Gasteiger partial charge on any atom is -0.506 e. The minimum absolute atomic E-state index is 0.0709. The summed E-state index contributed by atoms with van der Waals surface area (Å²) in [6, 6.07) is 3.33. The highest BCUT2D eigenvalue weighted by atomic mass is 16.5. The fraction of sp³-hybridized carbons (Fsp3) is 0.375. The quantitative estimate of drug-likeness (QED) is 0.535. The van der Waals surface area contributed by atoms with Gasteiger partial charge in [-0.05, 0) is 19.9 Å². The number of aliphatic imine (C=N–C) groups is 1. The molecule has 1 aromatic heterocycles. The molecule has 0 saturated heterocycles. The summed E-state index contributed by atoms with van der Waals surface area (Å²) >= 11 is 0. The molecule has 0 atom stereocenters. The molecule has 0 aliphatic carbocycles. The van der Waals surface area contributed by atoms with Crippen LogP contribution in [0.2, 0.25) is 0 Å². The maximum atomic E-state index is 12.2. The van der Waals surface area contributed by atoms with E-state index in [-0.39, 0.29) is 11.7 Å². The predicted octanol–water partition coefficient (Wildman–Crippen LogP) is 2.59. The van der Waals surface area contributed by atoms with Crippen LogP contribution in [0.25, 0.3) is 10.9 Å². The summed E-state index contributed by atoms with van der Waals surface area (Å²) in [6.45, 7) is 3.95. The first-order chi connectivity index (χ1) is 10.4. The number of aromatic hydroxyl groups is 1. The van der Waals surface area contributed by atoms with Gasteiger partial charge in [-0.3, -0.25) is 0 Å². The first-order valence-electron chi connectivity index (χ1n) is 7.06. The Kier molecular flexibility index (Phi) is 4.40.